The lowest BCUT2D eigenvalue weighted by molar-refractivity contribution is 0.414. The fraction of sp³-hybridized carbons (Fsp3) is 0.263. The summed E-state index contributed by atoms with van der Waals surface area (Å²) < 4.78 is 34.4. The lowest BCUT2D eigenvalue weighted by Gasteiger charge is -2.15. The lowest BCUT2D eigenvalue weighted by Crippen LogP contribution is -2.27. The molecule has 0 saturated carbocycles. The molecule has 146 valence electrons. The second-order valence-electron chi connectivity index (χ2n) is 6.52. The largest absolute Gasteiger partial charge is 0.497 e. The van der Waals surface area contributed by atoms with Crippen molar-refractivity contribution in [3.05, 3.63) is 53.3 Å². The molecule has 1 N–H and O–H groups in total. The molecule has 2 heterocycles. The van der Waals surface area contributed by atoms with Crippen LogP contribution in [0.25, 0.3) is 17.1 Å². The summed E-state index contributed by atoms with van der Waals surface area (Å²) in [6.07, 6.45) is 1.82. The maximum atomic E-state index is 12.7. The van der Waals surface area contributed by atoms with E-state index in [4.69, 9.17) is 17.0 Å². The monoisotopic (exact) mass is 416 g/mol. The molecule has 3 aromatic rings. The summed E-state index contributed by atoms with van der Waals surface area (Å²) in [6, 6.07) is 14.2. The van der Waals surface area contributed by atoms with Crippen molar-refractivity contribution < 1.29 is 13.2 Å². The molecule has 9 heteroatoms. The van der Waals surface area contributed by atoms with Crippen LogP contribution in [-0.2, 0) is 10.0 Å². The summed E-state index contributed by atoms with van der Waals surface area (Å²) in [5.74, 6) is 1.36. The number of methoxy groups -OCH3 is 1. The van der Waals surface area contributed by atoms with E-state index in [1.165, 1.54) is 4.31 Å². The van der Waals surface area contributed by atoms with Crippen LogP contribution in [0.2, 0.25) is 0 Å². The molecule has 0 spiro atoms. The molecular weight excluding hydrogens is 396 g/mol. The Morgan fingerprint density at radius 2 is 1.68 bits per heavy atom. The minimum absolute atomic E-state index is 0.295. The van der Waals surface area contributed by atoms with Gasteiger partial charge in [0.2, 0.25) is 10.0 Å². The molecule has 4 rings (SSSR count). The number of rotatable bonds is 5. The van der Waals surface area contributed by atoms with E-state index in [2.05, 4.69) is 10.2 Å². The molecule has 0 unspecified atom stereocenters. The average Bonchev–Trinajstić information content (AvgIpc) is 3.39. The summed E-state index contributed by atoms with van der Waals surface area (Å²) in [5.41, 5.74) is 1.60. The maximum Gasteiger partial charge on any atom is 0.243 e. The molecule has 1 aliphatic rings. The zero-order valence-electron chi connectivity index (χ0n) is 15.3. The molecule has 28 heavy (non-hydrogen) atoms. The fourth-order valence-corrected chi connectivity index (χ4v) is 5.07. The SMILES string of the molecule is COc1ccc(-n2c(-c3ccc(S(=O)(=O)N4CCCC4)cc3)n[nH]c2=S)cc1. The Bertz CT molecular complexity index is 1130. The van der Waals surface area contributed by atoms with Crippen molar-refractivity contribution in [2.45, 2.75) is 17.7 Å². The molecule has 1 saturated heterocycles. The predicted octanol–water partition coefficient (Wildman–Crippen LogP) is 3.39. The number of H-pyrrole nitrogens is 1. The number of nitrogens with one attached hydrogen (secondary N) is 1. The molecule has 2 aromatic carbocycles. The number of ether oxygens (including phenoxy) is 1. The Morgan fingerprint density at radius 3 is 2.29 bits per heavy atom. The van der Waals surface area contributed by atoms with Gasteiger partial charge in [0.25, 0.3) is 0 Å². The van der Waals surface area contributed by atoms with Gasteiger partial charge in [0, 0.05) is 18.7 Å². The van der Waals surface area contributed by atoms with Crippen molar-refractivity contribution in [2.75, 3.05) is 20.2 Å². The minimum Gasteiger partial charge on any atom is -0.497 e. The third-order valence-electron chi connectivity index (χ3n) is 4.82. The van der Waals surface area contributed by atoms with Crippen LogP contribution in [0.5, 0.6) is 5.75 Å². The van der Waals surface area contributed by atoms with Gasteiger partial charge in [0.1, 0.15) is 5.75 Å². The van der Waals surface area contributed by atoms with Crippen molar-refractivity contribution in [3.8, 4) is 22.8 Å². The minimum atomic E-state index is -3.44. The zero-order valence-corrected chi connectivity index (χ0v) is 17.0. The number of benzene rings is 2. The topological polar surface area (TPSA) is 80.2 Å². The molecule has 1 aliphatic heterocycles. The average molecular weight is 417 g/mol. The summed E-state index contributed by atoms with van der Waals surface area (Å²) in [5, 5.41) is 7.14. The van der Waals surface area contributed by atoms with E-state index in [-0.39, 0.29) is 0 Å². The van der Waals surface area contributed by atoms with Gasteiger partial charge in [-0.25, -0.2) is 8.42 Å². The van der Waals surface area contributed by atoms with Crippen molar-refractivity contribution in [2.24, 2.45) is 0 Å². The van der Waals surface area contributed by atoms with Gasteiger partial charge in [-0.15, -0.1) is 0 Å². The van der Waals surface area contributed by atoms with Crippen LogP contribution in [-0.4, -0.2) is 47.7 Å². The van der Waals surface area contributed by atoms with Crippen molar-refractivity contribution in [1.82, 2.24) is 19.1 Å². The third kappa shape index (κ3) is 3.36. The van der Waals surface area contributed by atoms with Crippen LogP contribution in [0.15, 0.2) is 53.4 Å². The van der Waals surface area contributed by atoms with E-state index in [1.807, 2.05) is 24.3 Å². The van der Waals surface area contributed by atoms with Crippen LogP contribution >= 0.6 is 12.2 Å². The molecule has 7 nitrogen and oxygen atoms in total. The van der Waals surface area contributed by atoms with E-state index in [9.17, 15) is 8.42 Å². The summed E-state index contributed by atoms with van der Waals surface area (Å²) >= 11 is 5.38. The van der Waals surface area contributed by atoms with Gasteiger partial charge in [-0.2, -0.15) is 9.40 Å². The van der Waals surface area contributed by atoms with Crippen LogP contribution in [0.3, 0.4) is 0 Å². The standard InChI is InChI=1S/C19H20N4O3S2/c1-26-16-8-6-15(7-9-16)23-18(20-21-19(23)27)14-4-10-17(11-5-14)28(24,25)22-12-2-3-13-22/h4-11H,2-3,12-13H2,1H3,(H,21,27). The predicted molar refractivity (Wildman–Crippen MR) is 109 cm³/mol. The Hall–Kier alpha value is -2.49. The highest BCUT2D eigenvalue weighted by molar-refractivity contribution is 7.89. The van der Waals surface area contributed by atoms with Gasteiger partial charge in [-0.05, 0) is 73.6 Å². The second kappa shape index (κ2) is 7.50. The summed E-state index contributed by atoms with van der Waals surface area (Å²) in [6.45, 7) is 1.17. The first-order chi connectivity index (χ1) is 13.5. The number of aromatic amines is 1. The highest BCUT2D eigenvalue weighted by Gasteiger charge is 2.27. The fourth-order valence-electron chi connectivity index (χ4n) is 3.31. The maximum absolute atomic E-state index is 12.7. The van der Waals surface area contributed by atoms with Gasteiger partial charge < -0.3 is 4.74 Å². The van der Waals surface area contributed by atoms with Gasteiger partial charge in [0.15, 0.2) is 10.6 Å². The molecule has 1 fully saturated rings. The number of hydrogen-bond acceptors (Lipinski definition) is 5. The highest BCUT2D eigenvalue weighted by Crippen LogP contribution is 2.26. The zero-order chi connectivity index (χ0) is 19.7. The van der Waals surface area contributed by atoms with Crippen LogP contribution in [0, 0.1) is 4.77 Å². The quantitative estimate of drug-likeness (QED) is 0.645. The highest BCUT2D eigenvalue weighted by atomic mass is 32.2. The lowest BCUT2D eigenvalue weighted by atomic mass is 10.2. The van der Waals surface area contributed by atoms with Crippen molar-refractivity contribution >= 4 is 22.2 Å². The van der Waals surface area contributed by atoms with E-state index >= 15 is 0 Å². The first kappa shape index (κ1) is 18.9. The smallest absolute Gasteiger partial charge is 0.243 e. The van der Waals surface area contributed by atoms with E-state index < -0.39 is 10.0 Å². The van der Waals surface area contributed by atoms with Gasteiger partial charge in [-0.3, -0.25) is 9.67 Å². The number of hydrogen-bond donors (Lipinski definition) is 1. The normalized spacial score (nSPS) is 15.0. The first-order valence-electron chi connectivity index (χ1n) is 8.93. The Morgan fingerprint density at radius 1 is 1.04 bits per heavy atom. The molecular formula is C19H20N4O3S2. The Labute approximate surface area is 168 Å². The van der Waals surface area contributed by atoms with Crippen LogP contribution < -0.4 is 4.74 Å². The van der Waals surface area contributed by atoms with Gasteiger partial charge in [0.05, 0.1) is 17.7 Å². The van der Waals surface area contributed by atoms with Gasteiger partial charge in [-0.1, -0.05) is 0 Å². The molecule has 0 aliphatic carbocycles. The Balaban J connectivity index is 1.70. The van der Waals surface area contributed by atoms with Crippen LogP contribution in [0.4, 0.5) is 0 Å². The van der Waals surface area contributed by atoms with Crippen molar-refractivity contribution in [1.29, 1.82) is 0 Å². The molecule has 0 bridgehead atoms. The molecule has 0 amide bonds. The second-order valence-corrected chi connectivity index (χ2v) is 8.85. The molecule has 1 aromatic heterocycles. The number of aromatic nitrogens is 3. The first-order valence-corrected chi connectivity index (χ1v) is 10.8. The third-order valence-corrected chi connectivity index (χ3v) is 7.01. The summed E-state index contributed by atoms with van der Waals surface area (Å²) in [4.78, 5) is 0.295. The van der Waals surface area contributed by atoms with Gasteiger partial charge >= 0.3 is 0 Å². The Kier molecular flexibility index (Phi) is 5.05. The molecule has 0 atom stereocenters. The van der Waals surface area contributed by atoms with E-state index in [1.54, 1.807) is 35.9 Å². The number of nitrogens with zero attached hydrogens (tertiary/aromatic N) is 3. The van der Waals surface area contributed by atoms with Crippen LogP contribution in [0.1, 0.15) is 12.8 Å². The summed E-state index contributed by atoms with van der Waals surface area (Å²) in [7, 11) is -1.83. The molecule has 0 radical (unpaired) electrons. The number of sulfonamides is 1. The van der Waals surface area contributed by atoms with E-state index in [0.717, 1.165) is 29.8 Å². The van der Waals surface area contributed by atoms with E-state index in [0.29, 0.717) is 28.6 Å². The van der Waals surface area contributed by atoms with Crippen molar-refractivity contribution in [3.63, 3.8) is 0 Å².